The fraction of sp³-hybridized carbons (Fsp3) is 0.588. The molecule has 6 heteroatoms. The summed E-state index contributed by atoms with van der Waals surface area (Å²) in [6, 6.07) is 8.06. The van der Waals surface area contributed by atoms with Crippen molar-refractivity contribution in [3.8, 4) is 5.75 Å². The summed E-state index contributed by atoms with van der Waals surface area (Å²) in [5.41, 5.74) is 1.09. The lowest BCUT2D eigenvalue weighted by Gasteiger charge is -2.37. The number of benzene rings is 1. The Hall–Kier alpha value is -0.910. The molecular weight excluding hydrogens is 332 g/mol. The van der Waals surface area contributed by atoms with Crippen LogP contribution in [0.2, 0.25) is 0 Å². The molecule has 0 spiro atoms. The van der Waals surface area contributed by atoms with Gasteiger partial charge in [0.05, 0.1) is 13.2 Å². The van der Waals surface area contributed by atoms with Gasteiger partial charge in [0.25, 0.3) is 0 Å². The largest absolute Gasteiger partial charge is 0.496 e. The van der Waals surface area contributed by atoms with Crippen molar-refractivity contribution < 1.29 is 9.53 Å². The normalized spacial score (nSPS) is 17.5. The van der Waals surface area contributed by atoms with Gasteiger partial charge in [0, 0.05) is 31.6 Å². The van der Waals surface area contributed by atoms with Crippen molar-refractivity contribution in [3.63, 3.8) is 0 Å². The van der Waals surface area contributed by atoms with Gasteiger partial charge < -0.3 is 15.0 Å². The van der Waals surface area contributed by atoms with Crippen LogP contribution in [0.25, 0.3) is 0 Å². The summed E-state index contributed by atoms with van der Waals surface area (Å²) in [6.45, 7) is 2.42. The highest BCUT2D eigenvalue weighted by atomic mass is 35.5. The third-order valence-corrected chi connectivity index (χ3v) is 4.75. The van der Waals surface area contributed by atoms with Gasteiger partial charge in [-0.1, -0.05) is 18.2 Å². The first-order valence-electron chi connectivity index (χ1n) is 7.90. The molecule has 23 heavy (non-hydrogen) atoms. The maximum atomic E-state index is 12.6. The maximum Gasteiger partial charge on any atom is 0.223 e. The number of ether oxygens (including phenoxy) is 1. The molecule has 0 bridgehead atoms. The Morgan fingerprint density at radius 2 is 2.17 bits per heavy atom. The molecular formula is C17H27ClN2O2S. The Morgan fingerprint density at radius 3 is 2.91 bits per heavy atom. The van der Waals surface area contributed by atoms with Crippen LogP contribution in [0, 0.1) is 0 Å². The van der Waals surface area contributed by atoms with E-state index < -0.39 is 0 Å². The Morgan fingerprint density at radius 1 is 1.39 bits per heavy atom. The molecule has 1 fully saturated rings. The lowest BCUT2D eigenvalue weighted by atomic mass is 10.0. The molecule has 130 valence electrons. The van der Waals surface area contributed by atoms with Crippen LogP contribution in [0.15, 0.2) is 24.3 Å². The van der Waals surface area contributed by atoms with Crippen LogP contribution < -0.4 is 10.1 Å². The molecule has 0 radical (unpaired) electrons. The fourth-order valence-corrected chi connectivity index (χ4v) is 3.38. The predicted molar refractivity (Wildman–Crippen MR) is 99.8 cm³/mol. The number of amides is 1. The van der Waals surface area contributed by atoms with Gasteiger partial charge >= 0.3 is 0 Å². The number of halogens is 1. The molecule has 1 amide bonds. The number of thioether (sulfide) groups is 1. The highest BCUT2D eigenvalue weighted by Gasteiger charge is 2.29. The molecule has 0 aliphatic carbocycles. The maximum absolute atomic E-state index is 12.6. The average Bonchev–Trinajstić information content (AvgIpc) is 2.58. The zero-order chi connectivity index (χ0) is 15.8. The first-order chi connectivity index (χ1) is 10.8. The number of unbranched alkanes of at least 4 members (excludes halogenated alkanes) is 1. The van der Waals surface area contributed by atoms with Gasteiger partial charge in [-0.15, -0.1) is 12.4 Å². The van der Waals surface area contributed by atoms with E-state index in [1.54, 1.807) is 7.11 Å². The fourth-order valence-electron chi connectivity index (χ4n) is 2.89. The van der Waals surface area contributed by atoms with Crippen LogP contribution in [0.4, 0.5) is 0 Å². The first-order valence-corrected chi connectivity index (χ1v) is 9.29. The van der Waals surface area contributed by atoms with Crippen LogP contribution in [0.5, 0.6) is 5.75 Å². The molecule has 1 unspecified atom stereocenters. The third-order valence-electron chi connectivity index (χ3n) is 4.05. The van der Waals surface area contributed by atoms with E-state index in [4.69, 9.17) is 4.74 Å². The number of hydrogen-bond acceptors (Lipinski definition) is 4. The molecule has 1 saturated heterocycles. The molecule has 1 aromatic rings. The standard InChI is InChI=1S/C17H26N2O2S.ClH/c1-21-16-8-4-3-7-14(16)15-13-18-10-11-19(15)17(20)9-5-6-12-22-2;/h3-4,7-8,15,18H,5-6,9-13H2,1-2H3;1H. The Labute approximate surface area is 149 Å². The number of para-hydroxylation sites is 1. The topological polar surface area (TPSA) is 41.6 Å². The number of rotatable bonds is 7. The summed E-state index contributed by atoms with van der Waals surface area (Å²) < 4.78 is 5.47. The van der Waals surface area contributed by atoms with Crippen LogP contribution in [0.1, 0.15) is 30.9 Å². The van der Waals surface area contributed by atoms with Crippen molar-refractivity contribution in [2.75, 3.05) is 38.8 Å². The zero-order valence-electron chi connectivity index (χ0n) is 13.9. The number of carbonyl (C=O) groups excluding carboxylic acids is 1. The number of piperazine rings is 1. The van der Waals surface area contributed by atoms with E-state index in [2.05, 4.69) is 17.6 Å². The quantitative estimate of drug-likeness (QED) is 0.760. The summed E-state index contributed by atoms with van der Waals surface area (Å²) in [5.74, 6) is 2.25. The van der Waals surface area contributed by atoms with Crippen LogP contribution in [-0.4, -0.2) is 49.6 Å². The molecule has 1 atom stereocenters. The lowest BCUT2D eigenvalue weighted by Crippen LogP contribution is -2.48. The van der Waals surface area contributed by atoms with Crippen molar-refractivity contribution in [3.05, 3.63) is 29.8 Å². The highest BCUT2D eigenvalue weighted by molar-refractivity contribution is 7.98. The first kappa shape index (κ1) is 20.1. The monoisotopic (exact) mass is 358 g/mol. The van der Waals surface area contributed by atoms with Crippen LogP contribution in [0.3, 0.4) is 0 Å². The summed E-state index contributed by atoms with van der Waals surface area (Å²) >= 11 is 1.84. The smallest absolute Gasteiger partial charge is 0.223 e. The van der Waals surface area contributed by atoms with E-state index >= 15 is 0 Å². The number of hydrogen-bond donors (Lipinski definition) is 1. The molecule has 1 aliphatic heterocycles. The van der Waals surface area contributed by atoms with Crippen molar-refractivity contribution in [1.82, 2.24) is 10.2 Å². The molecule has 1 aliphatic rings. The minimum Gasteiger partial charge on any atom is -0.496 e. The Bertz CT molecular complexity index is 487. The van der Waals surface area contributed by atoms with Crippen molar-refractivity contribution in [2.45, 2.75) is 25.3 Å². The summed E-state index contributed by atoms with van der Waals surface area (Å²) in [6.07, 6.45) is 4.84. The van der Waals surface area contributed by atoms with Gasteiger partial charge in [0.1, 0.15) is 5.75 Å². The second kappa shape index (κ2) is 10.8. The van der Waals surface area contributed by atoms with E-state index in [9.17, 15) is 4.79 Å². The van der Waals surface area contributed by atoms with Gasteiger partial charge in [-0.3, -0.25) is 4.79 Å². The van der Waals surface area contributed by atoms with E-state index in [1.807, 2.05) is 34.9 Å². The summed E-state index contributed by atoms with van der Waals surface area (Å²) in [7, 11) is 1.68. The molecule has 1 heterocycles. The molecule has 0 aromatic heterocycles. The number of nitrogens with zero attached hydrogens (tertiary/aromatic N) is 1. The van der Waals surface area contributed by atoms with E-state index in [1.165, 1.54) is 0 Å². The van der Waals surface area contributed by atoms with Crippen LogP contribution in [-0.2, 0) is 4.79 Å². The second-order valence-corrected chi connectivity index (χ2v) is 6.48. The highest BCUT2D eigenvalue weighted by Crippen LogP contribution is 2.30. The molecule has 0 saturated carbocycles. The number of carbonyl (C=O) groups is 1. The van der Waals surface area contributed by atoms with E-state index in [-0.39, 0.29) is 24.4 Å². The third kappa shape index (κ3) is 5.59. The van der Waals surface area contributed by atoms with Crippen LogP contribution >= 0.6 is 24.2 Å². The van der Waals surface area contributed by atoms with Gasteiger partial charge in [-0.05, 0) is 30.9 Å². The summed E-state index contributed by atoms with van der Waals surface area (Å²) in [5, 5.41) is 3.39. The number of methoxy groups -OCH3 is 1. The van der Waals surface area contributed by atoms with Gasteiger partial charge in [-0.2, -0.15) is 11.8 Å². The molecule has 4 nitrogen and oxygen atoms in total. The van der Waals surface area contributed by atoms with Gasteiger partial charge in [0.2, 0.25) is 5.91 Å². The summed E-state index contributed by atoms with van der Waals surface area (Å²) in [4.78, 5) is 14.6. The predicted octanol–water partition coefficient (Wildman–Crippen LogP) is 3.12. The molecule has 1 N–H and O–H groups in total. The molecule has 2 rings (SSSR count). The Balaban J connectivity index is 0.00000264. The van der Waals surface area contributed by atoms with Crippen molar-refractivity contribution >= 4 is 30.1 Å². The average molecular weight is 359 g/mol. The SMILES string of the molecule is COc1ccccc1C1CNCCN1C(=O)CCCCSC.Cl. The minimum absolute atomic E-state index is 0. The minimum atomic E-state index is 0. The van der Waals surface area contributed by atoms with Crippen molar-refractivity contribution in [2.24, 2.45) is 0 Å². The zero-order valence-corrected chi connectivity index (χ0v) is 15.5. The molecule has 1 aromatic carbocycles. The lowest BCUT2D eigenvalue weighted by molar-refractivity contribution is -0.134. The Kier molecular flexibility index (Phi) is 9.44. The number of nitrogens with one attached hydrogen (secondary N) is 1. The van der Waals surface area contributed by atoms with E-state index in [0.717, 1.165) is 49.5 Å². The van der Waals surface area contributed by atoms with Crippen molar-refractivity contribution in [1.29, 1.82) is 0 Å². The van der Waals surface area contributed by atoms with Gasteiger partial charge in [-0.25, -0.2) is 0 Å². The van der Waals surface area contributed by atoms with Gasteiger partial charge in [0.15, 0.2) is 0 Å². The second-order valence-electron chi connectivity index (χ2n) is 5.50. The van der Waals surface area contributed by atoms with E-state index in [0.29, 0.717) is 6.42 Å².